The fraction of sp³-hybridized carbons (Fsp3) is 0.750. The number of nitrogens with zero attached hydrogens (tertiary/aromatic N) is 2. The minimum absolute atomic E-state index is 0.625. The monoisotopic (exact) mass is 202 g/mol. The number of hydrogen-bond donors (Lipinski definition) is 0. The summed E-state index contributed by atoms with van der Waals surface area (Å²) in [5.41, 5.74) is -0.887. The van der Waals surface area contributed by atoms with E-state index < -0.39 is 21.4 Å². The highest BCUT2D eigenvalue weighted by Crippen LogP contribution is 2.18. The van der Waals surface area contributed by atoms with Crippen LogP contribution in [0.1, 0.15) is 27.7 Å². The lowest BCUT2D eigenvalue weighted by Crippen LogP contribution is -2.47. The van der Waals surface area contributed by atoms with Crippen molar-refractivity contribution < 1.29 is 9.85 Å². The van der Waals surface area contributed by atoms with E-state index in [9.17, 15) is 20.2 Å². The second-order valence-corrected chi connectivity index (χ2v) is 3.88. The molecule has 1 unspecified atom stereocenters. The van der Waals surface area contributed by atoms with Crippen molar-refractivity contribution in [3.05, 3.63) is 31.9 Å². The van der Waals surface area contributed by atoms with E-state index in [1.807, 2.05) is 0 Å². The summed E-state index contributed by atoms with van der Waals surface area (Å²) in [6.07, 6.45) is 1.31. The van der Waals surface area contributed by atoms with Crippen LogP contribution in [0.2, 0.25) is 0 Å². The number of rotatable bonds is 4. The molecule has 14 heavy (non-hydrogen) atoms. The first-order chi connectivity index (χ1) is 6.19. The molecule has 0 radical (unpaired) electrons. The van der Waals surface area contributed by atoms with Gasteiger partial charge in [-0.2, -0.15) is 0 Å². The van der Waals surface area contributed by atoms with Crippen LogP contribution in [0.3, 0.4) is 0 Å². The van der Waals surface area contributed by atoms with E-state index in [-0.39, 0.29) is 0 Å². The summed E-state index contributed by atoms with van der Waals surface area (Å²) in [7, 11) is 0. The van der Waals surface area contributed by atoms with Crippen molar-refractivity contribution in [2.45, 2.75) is 39.3 Å². The molecule has 0 heterocycles. The molecule has 80 valence electrons. The van der Waals surface area contributed by atoms with Gasteiger partial charge in [0.05, 0.1) is 0 Å². The van der Waals surface area contributed by atoms with Crippen LogP contribution in [-0.4, -0.2) is 21.4 Å². The molecule has 1 atom stereocenters. The highest BCUT2D eigenvalue weighted by Gasteiger charge is 2.48. The molecule has 0 spiro atoms. The van der Waals surface area contributed by atoms with Gasteiger partial charge in [0.2, 0.25) is 0 Å². The zero-order chi connectivity index (χ0) is 11.5. The van der Waals surface area contributed by atoms with Crippen LogP contribution in [0.15, 0.2) is 11.6 Å². The van der Waals surface area contributed by atoms with E-state index in [4.69, 9.17) is 0 Å². The van der Waals surface area contributed by atoms with Crippen molar-refractivity contribution in [3.8, 4) is 0 Å². The average molecular weight is 202 g/mol. The molecule has 0 aromatic heterocycles. The molecule has 0 amide bonds. The SMILES string of the molecule is CC(C)=CC([N+](=O)[O-])C(C)(C)[N+](=O)[O-]. The third kappa shape index (κ3) is 2.79. The van der Waals surface area contributed by atoms with E-state index >= 15 is 0 Å². The van der Waals surface area contributed by atoms with Crippen LogP contribution in [0.25, 0.3) is 0 Å². The lowest BCUT2D eigenvalue weighted by atomic mass is 9.94. The summed E-state index contributed by atoms with van der Waals surface area (Å²) in [4.78, 5) is 20.0. The average Bonchev–Trinajstić information content (AvgIpc) is 1.98. The van der Waals surface area contributed by atoms with Gasteiger partial charge < -0.3 is 0 Å². The fourth-order valence-electron chi connectivity index (χ4n) is 0.946. The molecule has 0 aliphatic heterocycles. The first-order valence-corrected chi connectivity index (χ1v) is 4.12. The first-order valence-electron chi connectivity index (χ1n) is 4.12. The van der Waals surface area contributed by atoms with Crippen molar-refractivity contribution in [2.24, 2.45) is 0 Å². The van der Waals surface area contributed by atoms with Crippen molar-refractivity contribution in [1.29, 1.82) is 0 Å². The zero-order valence-electron chi connectivity index (χ0n) is 8.68. The van der Waals surface area contributed by atoms with Crippen LogP contribution >= 0.6 is 0 Å². The highest BCUT2D eigenvalue weighted by molar-refractivity contribution is 5.03. The minimum Gasteiger partial charge on any atom is -0.264 e. The largest absolute Gasteiger partial charge is 0.299 e. The Morgan fingerprint density at radius 3 is 1.93 bits per heavy atom. The first kappa shape index (κ1) is 12.5. The Labute approximate surface area is 81.9 Å². The third-order valence-electron chi connectivity index (χ3n) is 1.91. The highest BCUT2D eigenvalue weighted by atomic mass is 16.6. The predicted octanol–water partition coefficient (Wildman–Crippen LogP) is 1.65. The van der Waals surface area contributed by atoms with Crippen molar-refractivity contribution in [2.75, 3.05) is 0 Å². The molecule has 0 saturated carbocycles. The number of allylic oxidation sites excluding steroid dienone is 1. The van der Waals surface area contributed by atoms with Gasteiger partial charge in [-0.1, -0.05) is 5.57 Å². The van der Waals surface area contributed by atoms with Gasteiger partial charge in [-0.25, -0.2) is 0 Å². The molecule has 0 fully saturated rings. The standard InChI is InChI=1S/C8H14N2O4/c1-6(2)5-7(9(11)12)8(3,4)10(13)14/h5,7H,1-4H3. The molecule has 0 rings (SSSR count). The summed E-state index contributed by atoms with van der Waals surface area (Å²) in [5.74, 6) is 0. The number of hydrogen-bond acceptors (Lipinski definition) is 4. The van der Waals surface area contributed by atoms with Gasteiger partial charge >= 0.3 is 0 Å². The molecule has 6 nitrogen and oxygen atoms in total. The Balaban J connectivity index is 5.12. The number of nitro groups is 2. The molecule has 0 aliphatic rings. The van der Waals surface area contributed by atoms with Crippen molar-refractivity contribution in [1.82, 2.24) is 0 Å². The van der Waals surface area contributed by atoms with E-state index in [0.29, 0.717) is 5.57 Å². The topological polar surface area (TPSA) is 86.3 Å². The molecule has 0 aromatic carbocycles. The van der Waals surface area contributed by atoms with Crippen molar-refractivity contribution >= 4 is 0 Å². The molecular weight excluding hydrogens is 188 g/mol. The summed E-state index contributed by atoms with van der Waals surface area (Å²) in [5, 5.41) is 21.3. The smallest absolute Gasteiger partial charge is 0.264 e. The molecule has 6 heteroatoms. The Morgan fingerprint density at radius 1 is 1.29 bits per heavy atom. The summed E-state index contributed by atoms with van der Waals surface area (Å²) < 4.78 is 0. The maximum absolute atomic E-state index is 10.6. The van der Waals surface area contributed by atoms with Gasteiger partial charge in [0.1, 0.15) is 0 Å². The normalized spacial score (nSPS) is 13.1. The quantitative estimate of drug-likeness (QED) is 0.394. The van der Waals surface area contributed by atoms with E-state index in [0.717, 1.165) is 0 Å². The van der Waals surface area contributed by atoms with Crippen LogP contribution in [0.4, 0.5) is 0 Å². The Bertz CT molecular complexity index is 279. The van der Waals surface area contributed by atoms with Crippen LogP contribution in [0.5, 0.6) is 0 Å². The van der Waals surface area contributed by atoms with Gasteiger partial charge in [-0.15, -0.1) is 0 Å². The summed E-state index contributed by atoms with van der Waals surface area (Å²) >= 11 is 0. The third-order valence-corrected chi connectivity index (χ3v) is 1.91. The second-order valence-electron chi connectivity index (χ2n) is 3.88. The molecule has 0 bridgehead atoms. The Hall–Kier alpha value is -1.46. The van der Waals surface area contributed by atoms with E-state index in [1.165, 1.54) is 19.9 Å². The Kier molecular flexibility index (Phi) is 3.73. The zero-order valence-corrected chi connectivity index (χ0v) is 8.68. The van der Waals surface area contributed by atoms with E-state index in [1.54, 1.807) is 13.8 Å². The molecule has 0 saturated heterocycles. The molecular formula is C8H14N2O4. The van der Waals surface area contributed by atoms with E-state index in [2.05, 4.69) is 0 Å². The molecule has 0 N–H and O–H groups in total. The van der Waals surface area contributed by atoms with Crippen LogP contribution < -0.4 is 0 Å². The van der Waals surface area contributed by atoms with Gasteiger partial charge in [-0.3, -0.25) is 20.2 Å². The van der Waals surface area contributed by atoms with Crippen LogP contribution in [-0.2, 0) is 0 Å². The summed E-state index contributed by atoms with van der Waals surface area (Å²) in [6.45, 7) is 5.85. The lowest BCUT2D eigenvalue weighted by molar-refractivity contribution is -0.638. The van der Waals surface area contributed by atoms with Gasteiger partial charge in [-0.05, 0) is 19.9 Å². The van der Waals surface area contributed by atoms with Gasteiger partial charge in [0.25, 0.3) is 11.6 Å². The summed E-state index contributed by atoms with van der Waals surface area (Å²) in [6, 6.07) is -1.29. The van der Waals surface area contributed by atoms with Gasteiger partial charge in [0.15, 0.2) is 0 Å². The van der Waals surface area contributed by atoms with Crippen LogP contribution in [0, 0.1) is 20.2 Å². The molecule has 0 aliphatic carbocycles. The fourth-order valence-corrected chi connectivity index (χ4v) is 0.946. The maximum atomic E-state index is 10.6. The molecule has 0 aromatic rings. The van der Waals surface area contributed by atoms with Gasteiger partial charge in [0, 0.05) is 23.7 Å². The Morgan fingerprint density at radius 2 is 1.71 bits per heavy atom. The maximum Gasteiger partial charge on any atom is 0.299 e. The second kappa shape index (κ2) is 4.17. The van der Waals surface area contributed by atoms with Crippen molar-refractivity contribution in [3.63, 3.8) is 0 Å². The predicted molar refractivity (Wildman–Crippen MR) is 51.3 cm³/mol. The minimum atomic E-state index is -1.58. The lowest BCUT2D eigenvalue weighted by Gasteiger charge is -2.17.